The molecule has 0 bridgehead atoms. The van der Waals surface area contributed by atoms with Crippen molar-refractivity contribution in [2.24, 2.45) is 11.0 Å². The van der Waals surface area contributed by atoms with E-state index in [-0.39, 0.29) is 19.3 Å². The van der Waals surface area contributed by atoms with Gasteiger partial charge in [-0.15, -0.1) is 6.42 Å². The molecule has 9 nitrogen and oxygen atoms in total. The van der Waals surface area contributed by atoms with E-state index >= 15 is 0 Å². The number of hydrogen-bond donors (Lipinski definition) is 2. The Kier molecular flexibility index (Phi) is 8.35. The van der Waals surface area contributed by atoms with Gasteiger partial charge in [0.25, 0.3) is 11.8 Å². The Labute approximate surface area is 198 Å². The largest absolute Gasteiger partial charge is 0.490 e. The highest BCUT2D eigenvalue weighted by Gasteiger charge is 2.25. The van der Waals surface area contributed by atoms with E-state index < -0.39 is 17.9 Å². The van der Waals surface area contributed by atoms with Gasteiger partial charge in [-0.25, -0.2) is 5.43 Å². The molecule has 1 unspecified atom stereocenters. The van der Waals surface area contributed by atoms with Crippen molar-refractivity contribution in [1.82, 2.24) is 10.7 Å². The second-order valence-electron chi connectivity index (χ2n) is 7.63. The van der Waals surface area contributed by atoms with Crippen LogP contribution in [0.1, 0.15) is 36.7 Å². The number of terminal acetylenes is 1. The summed E-state index contributed by atoms with van der Waals surface area (Å²) in [5, 5.41) is 6.78. The molecule has 0 saturated heterocycles. The van der Waals surface area contributed by atoms with Crippen LogP contribution >= 0.6 is 0 Å². The molecule has 0 saturated carbocycles. The summed E-state index contributed by atoms with van der Waals surface area (Å²) in [6.07, 6.45) is 6.72. The highest BCUT2D eigenvalue weighted by atomic mass is 16.7. The van der Waals surface area contributed by atoms with E-state index in [2.05, 4.69) is 21.8 Å². The second kappa shape index (κ2) is 11.6. The first-order valence-electron chi connectivity index (χ1n) is 10.8. The molecule has 3 rings (SSSR count). The number of fused-ring (bicyclic) bond motifs is 1. The van der Waals surface area contributed by atoms with Crippen molar-refractivity contribution < 1.29 is 28.5 Å². The molecular weight excluding hydrogens is 438 g/mol. The summed E-state index contributed by atoms with van der Waals surface area (Å²) in [5.74, 6) is 3.49. The van der Waals surface area contributed by atoms with Crippen LogP contribution in [0.3, 0.4) is 0 Å². The van der Waals surface area contributed by atoms with Crippen molar-refractivity contribution >= 4 is 18.0 Å². The minimum Gasteiger partial charge on any atom is -0.490 e. The van der Waals surface area contributed by atoms with Gasteiger partial charge in [-0.1, -0.05) is 19.8 Å². The van der Waals surface area contributed by atoms with Crippen LogP contribution in [0.15, 0.2) is 41.5 Å². The number of benzene rings is 2. The molecule has 178 valence electrons. The zero-order valence-corrected chi connectivity index (χ0v) is 19.3. The Bertz CT molecular complexity index is 1110. The number of nitrogens with one attached hydrogen (secondary N) is 2. The normalized spacial score (nSPS) is 12.8. The van der Waals surface area contributed by atoms with E-state index in [1.54, 1.807) is 36.4 Å². The standard InChI is InChI=1S/C25H27N3O6/c1-5-11-32-19-9-7-17(12-21(19)31-6-2)14-26-28-25(30)23(16(3)4)27-24(29)18-8-10-20-22(13-18)34-15-33-20/h1,7-10,12-14,16,23H,6,11,15H2,2-4H3,(H,27,29)(H,28,30)/b26-14+. The van der Waals surface area contributed by atoms with Crippen molar-refractivity contribution in [3.8, 4) is 35.3 Å². The lowest BCUT2D eigenvalue weighted by molar-refractivity contribution is -0.123. The van der Waals surface area contributed by atoms with Gasteiger partial charge in [-0.05, 0) is 54.8 Å². The fourth-order valence-electron chi connectivity index (χ4n) is 3.15. The number of rotatable bonds is 10. The molecule has 2 amide bonds. The fraction of sp³-hybridized carbons (Fsp3) is 0.320. The van der Waals surface area contributed by atoms with Gasteiger partial charge in [0, 0.05) is 5.56 Å². The number of ether oxygens (including phenoxy) is 4. The third kappa shape index (κ3) is 6.19. The predicted molar refractivity (Wildman–Crippen MR) is 126 cm³/mol. The molecular formula is C25H27N3O6. The van der Waals surface area contributed by atoms with Crippen LogP contribution in [0.25, 0.3) is 0 Å². The summed E-state index contributed by atoms with van der Waals surface area (Å²) in [4.78, 5) is 25.4. The number of hydrazone groups is 1. The lowest BCUT2D eigenvalue weighted by Crippen LogP contribution is -2.48. The summed E-state index contributed by atoms with van der Waals surface area (Å²) in [6, 6.07) is 9.26. The maximum Gasteiger partial charge on any atom is 0.262 e. The summed E-state index contributed by atoms with van der Waals surface area (Å²) < 4.78 is 21.6. The Morgan fingerprint density at radius 3 is 2.68 bits per heavy atom. The van der Waals surface area contributed by atoms with Gasteiger partial charge in [-0.3, -0.25) is 9.59 Å². The number of amides is 2. The second-order valence-corrected chi connectivity index (χ2v) is 7.63. The monoisotopic (exact) mass is 465 g/mol. The van der Waals surface area contributed by atoms with Crippen LogP contribution in [0.2, 0.25) is 0 Å². The SMILES string of the molecule is C#CCOc1ccc(/C=N/NC(=O)C(NC(=O)c2ccc3c(c2)OCO3)C(C)C)cc1OCC. The van der Waals surface area contributed by atoms with Gasteiger partial charge in [-0.2, -0.15) is 5.10 Å². The maximum absolute atomic E-state index is 12.7. The Morgan fingerprint density at radius 2 is 1.94 bits per heavy atom. The summed E-state index contributed by atoms with van der Waals surface area (Å²) in [5.41, 5.74) is 3.53. The average molecular weight is 466 g/mol. The minimum atomic E-state index is -0.798. The first-order chi connectivity index (χ1) is 16.4. The van der Waals surface area contributed by atoms with Gasteiger partial charge in [0.15, 0.2) is 23.0 Å². The van der Waals surface area contributed by atoms with E-state index in [0.29, 0.717) is 40.7 Å². The minimum absolute atomic E-state index is 0.113. The summed E-state index contributed by atoms with van der Waals surface area (Å²) in [7, 11) is 0. The van der Waals surface area contributed by atoms with Crippen LogP contribution < -0.4 is 29.7 Å². The number of carbonyl (C=O) groups excluding carboxylic acids is 2. The molecule has 1 aliphatic rings. The lowest BCUT2D eigenvalue weighted by Gasteiger charge is -2.20. The highest BCUT2D eigenvalue weighted by molar-refractivity contribution is 5.98. The lowest BCUT2D eigenvalue weighted by atomic mass is 10.0. The first-order valence-corrected chi connectivity index (χ1v) is 10.8. The molecule has 34 heavy (non-hydrogen) atoms. The van der Waals surface area contributed by atoms with Crippen LogP contribution in [0.4, 0.5) is 0 Å². The zero-order valence-electron chi connectivity index (χ0n) is 19.3. The molecule has 2 aromatic rings. The van der Waals surface area contributed by atoms with E-state index in [9.17, 15) is 9.59 Å². The molecule has 2 N–H and O–H groups in total. The van der Waals surface area contributed by atoms with Gasteiger partial charge in [0.1, 0.15) is 12.6 Å². The average Bonchev–Trinajstić information content (AvgIpc) is 3.29. The molecule has 0 aromatic heterocycles. The maximum atomic E-state index is 12.7. The Morgan fingerprint density at radius 1 is 1.15 bits per heavy atom. The molecule has 1 heterocycles. The van der Waals surface area contributed by atoms with Gasteiger partial charge < -0.3 is 24.3 Å². The smallest absolute Gasteiger partial charge is 0.262 e. The number of nitrogens with zero attached hydrogens (tertiary/aromatic N) is 1. The third-order valence-electron chi connectivity index (χ3n) is 4.84. The molecule has 0 spiro atoms. The van der Waals surface area contributed by atoms with Crippen LogP contribution in [0, 0.1) is 18.3 Å². The first kappa shape index (κ1) is 24.5. The Hall–Kier alpha value is -4.19. The van der Waals surface area contributed by atoms with Gasteiger partial charge in [0.2, 0.25) is 6.79 Å². The molecule has 1 atom stereocenters. The van der Waals surface area contributed by atoms with Crippen molar-refractivity contribution in [1.29, 1.82) is 0 Å². The van der Waals surface area contributed by atoms with E-state index in [0.717, 1.165) is 0 Å². The van der Waals surface area contributed by atoms with E-state index in [1.807, 2.05) is 20.8 Å². The van der Waals surface area contributed by atoms with Gasteiger partial charge >= 0.3 is 0 Å². The Balaban J connectivity index is 1.63. The predicted octanol–water partition coefficient (Wildman–Crippen LogP) is 2.73. The third-order valence-corrected chi connectivity index (χ3v) is 4.84. The van der Waals surface area contributed by atoms with Crippen molar-refractivity contribution in [2.45, 2.75) is 26.8 Å². The fourth-order valence-corrected chi connectivity index (χ4v) is 3.15. The number of hydrogen-bond acceptors (Lipinski definition) is 7. The molecule has 0 fully saturated rings. The molecule has 9 heteroatoms. The molecule has 1 aliphatic heterocycles. The van der Waals surface area contributed by atoms with Crippen LogP contribution in [0.5, 0.6) is 23.0 Å². The van der Waals surface area contributed by atoms with Gasteiger partial charge in [0.05, 0.1) is 12.8 Å². The quantitative estimate of drug-likeness (QED) is 0.317. The van der Waals surface area contributed by atoms with Crippen LogP contribution in [-0.4, -0.2) is 44.1 Å². The van der Waals surface area contributed by atoms with E-state index in [4.69, 9.17) is 25.4 Å². The van der Waals surface area contributed by atoms with Crippen molar-refractivity contribution in [2.75, 3.05) is 20.0 Å². The van der Waals surface area contributed by atoms with Crippen LogP contribution in [-0.2, 0) is 4.79 Å². The van der Waals surface area contributed by atoms with Crippen molar-refractivity contribution in [3.05, 3.63) is 47.5 Å². The van der Waals surface area contributed by atoms with E-state index in [1.165, 1.54) is 6.21 Å². The molecule has 2 aromatic carbocycles. The summed E-state index contributed by atoms with van der Waals surface area (Å²) >= 11 is 0. The molecule has 0 aliphatic carbocycles. The topological polar surface area (TPSA) is 107 Å². The zero-order chi connectivity index (χ0) is 24.5. The number of carbonyl (C=O) groups is 2. The summed E-state index contributed by atoms with van der Waals surface area (Å²) in [6.45, 7) is 6.20. The molecule has 0 radical (unpaired) electrons. The highest BCUT2D eigenvalue weighted by Crippen LogP contribution is 2.32. The van der Waals surface area contributed by atoms with Crippen molar-refractivity contribution in [3.63, 3.8) is 0 Å².